The Morgan fingerprint density at radius 3 is 2.90 bits per heavy atom. The van der Waals surface area contributed by atoms with Crippen LogP contribution in [0.2, 0.25) is 0 Å². The molecular weight excluding hydrogens is 284 g/mol. The lowest BCUT2D eigenvalue weighted by Crippen LogP contribution is -2.33. The summed E-state index contributed by atoms with van der Waals surface area (Å²) in [4.78, 5) is 11.2. The predicted octanol–water partition coefficient (Wildman–Crippen LogP) is -0.249. The molecule has 1 heterocycles. The summed E-state index contributed by atoms with van der Waals surface area (Å²) < 4.78 is 35.7. The van der Waals surface area contributed by atoms with Gasteiger partial charge in [-0.05, 0) is 6.07 Å². The second-order valence-corrected chi connectivity index (χ2v) is 6.32. The van der Waals surface area contributed by atoms with Gasteiger partial charge in [0.2, 0.25) is 10.0 Å². The van der Waals surface area contributed by atoms with Crippen molar-refractivity contribution in [1.82, 2.24) is 4.72 Å². The second-order valence-electron chi connectivity index (χ2n) is 4.48. The largest absolute Gasteiger partial charge is 0.489 e. The van der Waals surface area contributed by atoms with Crippen LogP contribution in [0, 0.1) is 0 Å². The molecule has 0 bridgehead atoms. The molecule has 1 unspecified atom stereocenters. The lowest BCUT2D eigenvalue weighted by atomic mass is 10.2. The fourth-order valence-corrected chi connectivity index (χ4v) is 2.26. The highest BCUT2D eigenvalue weighted by Gasteiger charge is 2.24. The van der Waals surface area contributed by atoms with Gasteiger partial charge in [0, 0.05) is 18.5 Å². The van der Waals surface area contributed by atoms with Crippen LogP contribution in [0.4, 0.5) is 0 Å². The highest BCUT2D eigenvalue weighted by Crippen LogP contribution is 2.34. The number of rotatable bonds is 4. The van der Waals surface area contributed by atoms with Gasteiger partial charge < -0.3 is 15.2 Å². The van der Waals surface area contributed by atoms with Gasteiger partial charge in [0.25, 0.3) is 5.91 Å². The Kier molecular flexibility index (Phi) is 4.15. The summed E-state index contributed by atoms with van der Waals surface area (Å²) in [5, 5.41) is 0. The van der Waals surface area contributed by atoms with Crippen molar-refractivity contribution >= 4 is 15.9 Å². The van der Waals surface area contributed by atoms with Gasteiger partial charge in [-0.1, -0.05) is 12.1 Å². The van der Waals surface area contributed by atoms with E-state index in [1.165, 1.54) is 0 Å². The molecule has 0 fully saturated rings. The first kappa shape index (κ1) is 14.6. The Morgan fingerprint density at radius 1 is 1.50 bits per heavy atom. The number of nitrogens with one attached hydrogen (secondary N) is 1. The molecule has 7 nitrogen and oxygen atoms in total. The van der Waals surface area contributed by atoms with Crippen molar-refractivity contribution in [3.8, 4) is 11.5 Å². The molecule has 20 heavy (non-hydrogen) atoms. The van der Waals surface area contributed by atoms with Crippen LogP contribution in [-0.4, -0.2) is 33.3 Å². The highest BCUT2D eigenvalue weighted by atomic mass is 32.2. The van der Waals surface area contributed by atoms with Crippen LogP contribution in [0.3, 0.4) is 0 Å². The first-order valence-corrected chi connectivity index (χ1v) is 7.91. The SMILES string of the molecule is CS(=O)(=O)NCc1cccc2c1OCCC(C(N)=O)O2. The maximum Gasteiger partial charge on any atom is 0.258 e. The Hall–Kier alpha value is -1.80. The molecule has 110 valence electrons. The van der Waals surface area contributed by atoms with Crippen LogP contribution in [0.25, 0.3) is 0 Å². The number of amides is 1. The van der Waals surface area contributed by atoms with Crippen LogP contribution < -0.4 is 19.9 Å². The van der Waals surface area contributed by atoms with Crippen molar-refractivity contribution in [3.05, 3.63) is 23.8 Å². The average Bonchev–Trinajstić information content (AvgIpc) is 2.57. The minimum atomic E-state index is -3.30. The van der Waals surface area contributed by atoms with Gasteiger partial charge >= 0.3 is 0 Å². The molecule has 0 radical (unpaired) electrons. The number of carbonyl (C=O) groups excluding carboxylic acids is 1. The van der Waals surface area contributed by atoms with Crippen molar-refractivity contribution in [3.63, 3.8) is 0 Å². The number of benzene rings is 1. The molecule has 0 aromatic heterocycles. The third-order valence-corrected chi connectivity index (χ3v) is 3.47. The van der Waals surface area contributed by atoms with E-state index >= 15 is 0 Å². The molecule has 1 aliphatic heterocycles. The molecule has 1 aromatic carbocycles. The standard InChI is InChI=1S/C12H16N2O5S/c1-20(16,17)14-7-8-3-2-4-9-11(8)18-6-5-10(19-9)12(13)15/h2-4,10,14H,5-7H2,1H3,(H2,13,15). The van der Waals surface area contributed by atoms with Crippen LogP contribution in [-0.2, 0) is 21.4 Å². The van der Waals surface area contributed by atoms with E-state index in [9.17, 15) is 13.2 Å². The summed E-state index contributed by atoms with van der Waals surface area (Å²) >= 11 is 0. The maximum absolute atomic E-state index is 11.2. The number of nitrogens with two attached hydrogens (primary N) is 1. The number of carbonyl (C=O) groups is 1. The summed E-state index contributed by atoms with van der Waals surface area (Å²) in [6, 6.07) is 5.08. The van der Waals surface area contributed by atoms with Crippen LogP contribution >= 0.6 is 0 Å². The van der Waals surface area contributed by atoms with Gasteiger partial charge in [-0.2, -0.15) is 0 Å². The normalized spacial score (nSPS) is 18.4. The van der Waals surface area contributed by atoms with E-state index < -0.39 is 22.0 Å². The lowest BCUT2D eigenvalue weighted by Gasteiger charge is -2.14. The molecule has 1 aliphatic rings. The molecule has 0 aliphatic carbocycles. The molecule has 2 rings (SSSR count). The van der Waals surface area contributed by atoms with Crippen molar-refractivity contribution in [2.75, 3.05) is 12.9 Å². The van der Waals surface area contributed by atoms with E-state index in [4.69, 9.17) is 15.2 Å². The van der Waals surface area contributed by atoms with E-state index in [1.54, 1.807) is 18.2 Å². The smallest absolute Gasteiger partial charge is 0.258 e. The van der Waals surface area contributed by atoms with E-state index in [0.717, 1.165) is 6.26 Å². The number of para-hydroxylation sites is 1. The number of fused-ring (bicyclic) bond motifs is 1. The van der Waals surface area contributed by atoms with E-state index in [0.29, 0.717) is 23.5 Å². The van der Waals surface area contributed by atoms with E-state index in [-0.39, 0.29) is 13.2 Å². The lowest BCUT2D eigenvalue weighted by molar-refractivity contribution is -0.124. The zero-order valence-corrected chi connectivity index (χ0v) is 11.8. The first-order chi connectivity index (χ1) is 9.37. The number of hydrogen-bond acceptors (Lipinski definition) is 5. The predicted molar refractivity (Wildman–Crippen MR) is 71.8 cm³/mol. The summed E-state index contributed by atoms with van der Waals surface area (Å²) in [6.45, 7) is 0.364. The maximum atomic E-state index is 11.2. The van der Waals surface area contributed by atoms with Crippen LogP contribution in [0.5, 0.6) is 11.5 Å². The summed E-state index contributed by atoms with van der Waals surface area (Å²) in [5.41, 5.74) is 5.87. The molecule has 0 spiro atoms. The summed E-state index contributed by atoms with van der Waals surface area (Å²) in [7, 11) is -3.30. The molecule has 8 heteroatoms. The zero-order valence-electron chi connectivity index (χ0n) is 11.0. The molecule has 0 saturated heterocycles. The number of ether oxygens (including phenoxy) is 2. The second kappa shape index (κ2) is 5.68. The Balaban J connectivity index is 2.25. The quantitative estimate of drug-likeness (QED) is 0.797. The summed E-state index contributed by atoms with van der Waals surface area (Å²) in [5.74, 6) is 0.271. The third kappa shape index (κ3) is 3.61. The van der Waals surface area contributed by atoms with Gasteiger partial charge in [-0.15, -0.1) is 0 Å². The van der Waals surface area contributed by atoms with Crippen molar-refractivity contribution in [2.45, 2.75) is 19.1 Å². The van der Waals surface area contributed by atoms with Gasteiger partial charge in [0.1, 0.15) is 0 Å². The number of primary amides is 1. The fraction of sp³-hybridized carbons (Fsp3) is 0.417. The molecule has 1 amide bonds. The van der Waals surface area contributed by atoms with Crippen molar-refractivity contribution in [1.29, 1.82) is 0 Å². The third-order valence-electron chi connectivity index (χ3n) is 2.80. The van der Waals surface area contributed by atoms with Crippen LogP contribution in [0.15, 0.2) is 18.2 Å². The topological polar surface area (TPSA) is 108 Å². The molecule has 1 aromatic rings. The molecule has 0 saturated carbocycles. The molecule has 3 N–H and O–H groups in total. The van der Waals surface area contributed by atoms with Crippen LogP contribution in [0.1, 0.15) is 12.0 Å². The monoisotopic (exact) mass is 300 g/mol. The van der Waals surface area contributed by atoms with Gasteiger partial charge in [-0.3, -0.25) is 4.79 Å². The molecule has 1 atom stereocenters. The number of hydrogen-bond donors (Lipinski definition) is 2. The first-order valence-electron chi connectivity index (χ1n) is 6.02. The van der Waals surface area contributed by atoms with E-state index in [1.807, 2.05) is 0 Å². The highest BCUT2D eigenvalue weighted by molar-refractivity contribution is 7.88. The van der Waals surface area contributed by atoms with Crippen molar-refractivity contribution in [2.24, 2.45) is 5.73 Å². The van der Waals surface area contributed by atoms with Gasteiger partial charge in [0.15, 0.2) is 17.6 Å². The molecular formula is C12H16N2O5S. The Labute approximate surface area is 117 Å². The van der Waals surface area contributed by atoms with Gasteiger partial charge in [-0.25, -0.2) is 13.1 Å². The van der Waals surface area contributed by atoms with Crippen molar-refractivity contribution < 1.29 is 22.7 Å². The fourth-order valence-electron chi connectivity index (χ4n) is 1.85. The summed E-state index contributed by atoms with van der Waals surface area (Å²) in [6.07, 6.45) is 0.687. The zero-order chi connectivity index (χ0) is 14.8. The average molecular weight is 300 g/mol. The minimum absolute atomic E-state index is 0.0899. The Morgan fingerprint density at radius 2 is 2.25 bits per heavy atom. The minimum Gasteiger partial charge on any atom is -0.489 e. The Bertz CT molecular complexity index is 614. The van der Waals surface area contributed by atoms with Gasteiger partial charge in [0.05, 0.1) is 12.9 Å². The number of sulfonamides is 1. The van der Waals surface area contributed by atoms with E-state index in [2.05, 4.69) is 4.72 Å².